The molecule has 0 aliphatic carbocycles. The molecule has 0 saturated heterocycles. The van der Waals surface area contributed by atoms with E-state index in [0.717, 1.165) is 48.1 Å². The second-order valence-corrected chi connectivity index (χ2v) is 10.6. The molecule has 2 aliphatic rings. The molecule has 0 saturated carbocycles. The van der Waals surface area contributed by atoms with E-state index in [1.807, 2.05) is 41.3 Å². The molecule has 3 aromatic rings. The number of fused-ring (bicyclic) bond motifs is 1. The molecule has 11 nitrogen and oxygen atoms in total. The first-order valence-corrected chi connectivity index (χ1v) is 14.0. The number of aliphatic imine (C=N–C) groups is 2. The molecular weight excluding hydrogens is 520 g/mol. The quantitative estimate of drug-likeness (QED) is 0.421. The van der Waals surface area contributed by atoms with E-state index < -0.39 is 21.6 Å². The van der Waals surface area contributed by atoms with Gasteiger partial charge in [-0.15, -0.1) is 0 Å². The predicted molar refractivity (Wildman–Crippen MR) is 148 cm³/mol. The molecule has 1 atom stereocenters. The van der Waals surface area contributed by atoms with Crippen LogP contribution in [0.1, 0.15) is 37.8 Å². The lowest BCUT2D eigenvalue weighted by atomic mass is 9.81. The third-order valence-corrected chi connectivity index (χ3v) is 7.38. The SMILES string of the molecule is CC(=O)O.CCCS(=O)(=O)Oc1ccc(C2(c3cccc(-c4cnccn4)c3)N=C(N)N3CCCN=C32)cc1. The molecule has 39 heavy (non-hydrogen) atoms. The number of hydrogen-bond donors (Lipinski definition) is 2. The highest BCUT2D eigenvalue weighted by atomic mass is 32.2. The van der Waals surface area contributed by atoms with Crippen molar-refractivity contribution in [2.45, 2.75) is 32.2 Å². The molecule has 2 aromatic carbocycles. The summed E-state index contributed by atoms with van der Waals surface area (Å²) < 4.78 is 29.5. The van der Waals surface area contributed by atoms with Crippen LogP contribution in [0.25, 0.3) is 11.3 Å². The van der Waals surface area contributed by atoms with Gasteiger partial charge in [-0.25, -0.2) is 4.99 Å². The first kappa shape index (κ1) is 27.7. The lowest BCUT2D eigenvalue weighted by molar-refractivity contribution is -0.134. The van der Waals surface area contributed by atoms with Crippen molar-refractivity contribution in [1.29, 1.82) is 0 Å². The van der Waals surface area contributed by atoms with Crippen molar-refractivity contribution in [1.82, 2.24) is 14.9 Å². The normalized spacial score (nSPS) is 18.3. The fourth-order valence-electron chi connectivity index (χ4n) is 4.52. The van der Waals surface area contributed by atoms with E-state index in [1.54, 1.807) is 37.6 Å². The molecule has 2 aliphatic heterocycles. The first-order valence-electron chi connectivity index (χ1n) is 12.4. The Labute approximate surface area is 227 Å². The molecule has 3 heterocycles. The zero-order valence-electron chi connectivity index (χ0n) is 21.7. The number of aromatic nitrogens is 2. The molecule has 204 valence electrons. The number of amidine groups is 1. The van der Waals surface area contributed by atoms with E-state index in [-0.39, 0.29) is 11.5 Å². The Bertz CT molecular complexity index is 1490. The van der Waals surface area contributed by atoms with Crippen molar-refractivity contribution >= 4 is 27.9 Å². The minimum atomic E-state index is -3.64. The van der Waals surface area contributed by atoms with Crippen LogP contribution in [0, 0.1) is 0 Å². The number of rotatable bonds is 7. The molecule has 0 amide bonds. The first-order chi connectivity index (χ1) is 18.7. The molecule has 1 unspecified atom stereocenters. The lowest BCUT2D eigenvalue weighted by Crippen LogP contribution is -2.46. The van der Waals surface area contributed by atoms with Crippen molar-refractivity contribution in [2.75, 3.05) is 18.8 Å². The zero-order chi connectivity index (χ0) is 28.0. The Kier molecular flexibility index (Phi) is 8.24. The van der Waals surface area contributed by atoms with E-state index >= 15 is 0 Å². The van der Waals surface area contributed by atoms with Gasteiger partial charge in [0.2, 0.25) is 0 Å². The monoisotopic (exact) mass is 550 g/mol. The van der Waals surface area contributed by atoms with Crippen LogP contribution >= 0.6 is 0 Å². The molecular formula is C27H30N6O5S. The van der Waals surface area contributed by atoms with E-state index in [4.69, 9.17) is 29.8 Å². The van der Waals surface area contributed by atoms with E-state index in [2.05, 4.69) is 9.97 Å². The Morgan fingerprint density at radius 3 is 2.56 bits per heavy atom. The van der Waals surface area contributed by atoms with Gasteiger partial charge in [-0.3, -0.25) is 24.7 Å². The third-order valence-electron chi connectivity index (χ3n) is 6.03. The smallest absolute Gasteiger partial charge is 0.309 e. The number of carboxylic acid groups (broad SMARTS) is 1. The number of guanidine groups is 1. The maximum atomic E-state index is 12.1. The average molecular weight is 551 g/mol. The zero-order valence-corrected chi connectivity index (χ0v) is 22.5. The average Bonchev–Trinajstić information content (AvgIpc) is 3.22. The highest BCUT2D eigenvalue weighted by Crippen LogP contribution is 2.42. The highest BCUT2D eigenvalue weighted by molar-refractivity contribution is 7.87. The molecule has 3 N–H and O–H groups in total. The fourth-order valence-corrected chi connectivity index (χ4v) is 5.50. The van der Waals surface area contributed by atoms with Gasteiger partial charge in [-0.1, -0.05) is 37.3 Å². The maximum Gasteiger partial charge on any atom is 0.309 e. The standard InChI is InChI=1S/C25H26N6O3S.C2H4O2/c1-2-15-35(32,33)34-21-9-7-19(8-10-21)25(23-29-11-4-14-31(23)24(26)30-25)20-6-3-5-18(16-20)22-17-27-12-13-28-22;1-2(3)4/h3,5-10,12-13,16-17H,2,4,11,14-15H2,1H3,(H2,26,30);1H3,(H,3,4). The summed E-state index contributed by atoms with van der Waals surface area (Å²) in [5.74, 6) is 0.535. The van der Waals surface area contributed by atoms with Crippen molar-refractivity contribution in [3.63, 3.8) is 0 Å². The molecule has 0 bridgehead atoms. The second-order valence-electron chi connectivity index (χ2n) is 8.95. The van der Waals surface area contributed by atoms with Gasteiger partial charge < -0.3 is 15.0 Å². The van der Waals surface area contributed by atoms with Crippen LogP contribution in [0.3, 0.4) is 0 Å². The van der Waals surface area contributed by atoms with Crippen molar-refractivity contribution < 1.29 is 22.5 Å². The summed E-state index contributed by atoms with van der Waals surface area (Å²) >= 11 is 0. The van der Waals surface area contributed by atoms with Crippen LogP contribution in [0.5, 0.6) is 5.75 Å². The number of nitrogens with two attached hydrogens (primary N) is 1. The Hall–Kier alpha value is -4.32. The molecule has 1 aromatic heterocycles. The fraction of sp³-hybridized carbons (Fsp3) is 0.296. The lowest BCUT2D eigenvalue weighted by Gasteiger charge is -2.33. The van der Waals surface area contributed by atoms with E-state index in [0.29, 0.717) is 18.9 Å². The number of nitrogens with zero attached hydrogens (tertiary/aromatic N) is 5. The van der Waals surface area contributed by atoms with Crippen LogP contribution in [-0.2, 0) is 20.5 Å². The summed E-state index contributed by atoms with van der Waals surface area (Å²) in [5.41, 5.74) is 8.74. The highest BCUT2D eigenvalue weighted by Gasteiger charge is 2.49. The van der Waals surface area contributed by atoms with Crippen LogP contribution in [-0.4, -0.2) is 65.0 Å². The summed E-state index contributed by atoms with van der Waals surface area (Å²) in [4.78, 5) is 29.4. The van der Waals surface area contributed by atoms with E-state index in [9.17, 15) is 8.42 Å². The molecule has 0 fully saturated rings. The Balaban J connectivity index is 0.000000826. The van der Waals surface area contributed by atoms with Gasteiger partial charge in [0.1, 0.15) is 11.6 Å². The van der Waals surface area contributed by atoms with Gasteiger partial charge in [0.05, 0.1) is 17.6 Å². The predicted octanol–water partition coefficient (Wildman–Crippen LogP) is 3.03. The largest absolute Gasteiger partial charge is 0.481 e. The van der Waals surface area contributed by atoms with Crippen LogP contribution < -0.4 is 9.92 Å². The number of benzene rings is 2. The molecule has 0 spiro atoms. The Morgan fingerprint density at radius 1 is 1.15 bits per heavy atom. The maximum absolute atomic E-state index is 12.1. The third kappa shape index (κ3) is 6.06. The number of carboxylic acids is 1. The topological polar surface area (TPSA) is 160 Å². The summed E-state index contributed by atoms with van der Waals surface area (Å²) in [6.07, 6.45) is 6.37. The van der Waals surface area contributed by atoms with Gasteiger partial charge in [0, 0.05) is 38.0 Å². The minimum absolute atomic E-state index is 0.0412. The van der Waals surface area contributed by atoms with Crippen LogP contribution in [0.2, 0.25) is 0 Å². The van der Waals surface area contributed by atoms with Crippen LogP contribution in [0.4, 0.5) is 0 Å². The van der Waals surface area contributed by atoms with E-state index in [1.165, 1.54) is 0 Å². The van der Waals surface area contributed by atoms with Crippen molar-refractivity contribution in [2.24, 2.45) is 15.7 Å². The molecule has 0 radical (unpaired) electrons. The van der Waals surface area contributed by atoms with Crippen LogP contribution in [0.15, 0.2) is 77.1 Å². The number of carbonyl (C=O) groups is 1. The van der Waals surface area contributed by atoms with Crippen molar-refractivity contribution in [3.05, 3.63) is 78.2 Å². The summed E-state index contributed by atoms with van der Waals surface area (Å²) in [6, 6.07) is 14.9. The van der Waals surface area contributed by atoms with Gasteiger partial charge in [-0.2, -0.15) is 8.42 Å². The van der Waals surface area contributed by atoms with Gasteiger partial charge in [0.15, 0.2) is 11.5 Å². The minimum Gasteiger partial charge on any atom is -0.481 e. The number of aliphatic carboxylic acids is 1. The van der Waals surface area contributed by atoms with Crippen molar-refractivity contribution in [3.8, 4) is 17.0 Å². The van der Waals surface area contributed by atoms with Gasteiger partial charge in [-0.05, 0) is 42.2 Å². The molecule has 5 rings (SSSR count). The Morgan fingerprint density at radius 2 is 1.90 bits per heavy atom. The number of hydrogen-bond acceptors (Lipinski definition) is 10. The second kappa shape index (κ2) is 11.6. The summed E-state index contributed by atoms with van der Waals surface area (Å²) in [6.45, 7) is 4.29. The summed E-state index contributed by atoms with van der Waals surface area (Å²) in [5, 5.41) is 7.42. The molecule has 12 heteroatoms. The van der Waals surface area contributed by atoms with Gasteiger partial charge in [0.25, 0.3) is 5.97 Å². The summed E-state index contributed by atoms with van der Waals surface area (Å²) in [7, 11) is -3.64. The van der Waals surface area contributed by atoms with Gasteiger partial charge >= 0.3 is 10.1 Å².